The van der Waals surface area contributed by atoms with Crippen molar-refractivity contribution < 1.29 is 5.11 Å². The van der Waals surface area contributed by atoms with Gasteiger partial charge < -0.3 is 9.67 Å². The number of aromatic nitrogens is 1. The Kier molecular flexibility index (Phi) is 4.92. The van der Waals surface area contributed by atoms with E-state index in [0.29, 0.717) is 0 Å². The minimum Gasteiger partial charge on any atom is -0.388 e. The molecule has 1 N–H and O–H groups in total. The maximum absolute atomic E-state index is 9.77. The topological polar surface area (TPSA) is 25.2 Å². The van der Waals surface area contributed by atoms with Gasteiger partial charge in [-0.2, -0.15) is 0 Å². The third-order valence-corrected chi connectivity index (χ3v) is 2.71. The predicted molar refractivity (Wildman–Crippen MR) is 63.9 cm³/mol. The van der Waals surface area contributed by atoms with Crippen LogP contribution in [0.15, 0.2) is 29.6 Å². The molecule has 1 heterocycles. The molecule has 0 radical (unpaired) electrons. The zero-order chi connectivity index (χ0) is 11.3. The Hall–Kier alpha value is -0.730. The largest absolute Gasteiger partial charge is 0.388 e. The molecule has 0 aliphatic rings. The lowest BCUT2D eigenvalue weighted by molar-refractivity contribution is 0.166. The number of nitrogens with zero attached hydrogens (tertiary/aromatic N) is 1. The summed E-state index contributed by atoms with van der Waals surface area (Å²) in [5, 5.41) is 9.77. The molecule has 0 aliphatic carbocycles. The SMILES string of the molecule is CCCC(O)c1ccn(C/C(C)=C/Cl)c1. The maximum atomic E-state index is 9.77. The molecule has 2 nitrogen and oxygen atoms in total. The van der Waals surface area contributed by atoms with Gasteiger partial charge in [0.2, 0.25) is 0 Å². The fourth-order valence-electron chi connectivity index (χ4n) is 1.52. The number of hydrogen-bond acceptors (Lipinski definition) is 1. The highest BCUT2D eigenvalue weighted by molar-refractivity contribution is 6.25. The number of hydrogen-bond donors (Lipinski definition) is 1. The van der Waals surface area contributed by atoms with Crippen LogP contribution >= 0.6 is 11.6 Å². The zero-order valence-electron chi connectivity index (χ0n) is 9.28. The van der Waals surface area contributed by atoms with Crippen LogP contribution in [0.5, 0.6) is 0 Å². The van der Waals surface area contributed by atoms with E-state index in [9.17, 15) is 5.11 Å². The lowest BCUT2D eigenvalue weighted by Gasteiger charge is -2.06. The first-order valence-corrected chi connectivity index (χ1v) is 5.70. The minimum atomic E-state index is -0.337. The number of halogens is 1. The van der Waals surface area contributed by atoms with Gasteiger partial charge in [-0.15, -0.1) is 0 Å². The van der Waals surface area contributed by atoms with Gasteiger partial charge in [-0.3, -0.25) is 0 Å². The molecule has 15 heavy (non-hydrogen) atoms. The summed E-state index contributed by atoms with van der Waals surface area (Å²) in [5.74, 6) is 0. The molecule has 0 bridgehead atoms. The Morgan fingerprint density at radius 3 is 3.00 bits per heavy atom. The van der Waals surface area contributed by atoms with Crippen molar-refractivity contribution in [2.24, 2.45) is 0 Å². The molecule has 0 amide bonds. The van der Waals surface area contributed by atoms with Gasteiger partial charge in [0.15, 0.2) is 0 Å². The van der Waals surface area contributed by atoms with Crippen molar-refractivity contribution in [2.45, 2.75) is 39.3 Å². The van der Waals surface area contributed by atoms with E-state index in [1.807, 2.05) is 30.0 Å². The summed E-state index contributed by atoms with van der Waals surface area (Å²) in [7, 11) is 0. The Bertz CT molecular complexity index is 330. The first-order chi connectivity index (χ1) is 7.17. The quantitative estimate of drug-likeness (QED) is 0.819. The molecule has 0 saturated carbocycles. The maximum Gasteiger partial charge on any atom is 0.0804 e. The monoisotopic (exact) mass is 227 g/mol. The third kappa shape index (κ3) is 3.73. The molecule has 1 aromatic rings. The van der Waals surface area contributed by atoms with Crippen LogP contribution in [0.3, 0.4) is 0 Å². The molecule has 3 heteroatoms. The smallest absolute Gasteiger partial charge is 0.0804 e. The van der Waals surface area contributed by atoms with Gasteiger partial charge in [0.25, 0.3) is 0 Å². The van der Waals surface area contributed by atoms with Crippen LogP contribution in [-0.2, 0) is 6.54 Å². The first-order valence-electron chi connectivity index (χ1n) is 5.27. The fraction of sp³-hybridized carbons (Fsp3) is 0.500. The average Bonchev–Trinajstić information content (AvgIpc) is 2.66. The summed E-state index contributed by atoms with van der Waals surface area (Å²) in [6.45, 7) is 4.83. The van der Waals surface area contributed by atoms with Gasteiger partial charge in [-0.1, -0.05) is 24.9 Å². The van der Waals surface area contributed by atoms with Gasteiger partial charge in [-0.05, 0) is 30.5 Å². The van der Waals surface area contributed by atoms with Crippen LogP contribution < -0.4 is 0 Å². The van der Waals surface area contributed by atoms with Gasteiger partial charge in [0.1, 0.15) is 0 Å². The molecule has 0 fully saturated rings. The van der Waals surface area contributed by atoms with E-state index >= 15 is 0 Å². The summed E-state index contributed by atoms with van der Waals surface area (Å²) >= 11 is 5.60. The Balaban J connectivity index is 2.63. The Morgan fingerprint density at radius 2 is 2.40 bits per heavy atom. The molecule has 1 rings (SSSR count). The average molecular weight is 228 g/mol. The van der Waals surface area contributed by atoms with Gasteiger partial charge >= 0.3 is 0 Å². The minimum absolute atomic E-state index is 0.337. The van der Waals surface area contributed by atoms with Crippen molar-refractivity contribution >= 4 is 11.6 Å². The Labute approximate surface area is 96.2 Å². The van der Waals surface area contributed by atoms with Crippen LogP contribution in [-0.4, -0.2) is 9.67 Å². The summed E-state index contributed by atoms with van der Waals surface area (Å²) < 4.78 is 2.03. The van der Waals surface area contributed by atoms with Crippen molar-refractivity contribution in [3.63, 3.8) is 0 Å². The van der Waals surface area contributed by atoms with Gasteiger partial charge in [0, 0.05) is 24.5 Å². The lowest BCUT2D eigenvalue weighted by Crippen LogP contribution is -1.97. The van der Waals surface area contributed by atoms with Crippen LogP contribution in [0.1, 0.15) is 38.4 Å². The zero-order valence-corrected chi connectivity index (χ0v) is 10.0. The molecular weight excluding hydrogens is 210 g/mol. The highest BCUT2D eigenvalue weighted by Gasteiger charge is 2.07. The number of aliphatic hydroxyl groups excluding tert-OH is 1. The van der Waals surface area contributed by atoms with Gasteiger partial charge in [0.05, 0.1) is 6.10 Å². The van der Waals surface area contributed by atoms with Crippen molar-refractivity contribution in [1.29, 1.82) is 0 Å². The fourth-order valence-corrected chi connectivity index (χ4v) is 1.59. The van der Waals surface area contributed by atoms with E-state index in [1.165, 1.54) is 0 Å². The molecule has 1 aromatic heterocycles. The first kappa shape index (κ1) is 12.3. The van der Waals surface area contributed by atoms with Crippen LogP contribution in [0.4, 0.5) is 0 Å². The molecule has 1 unspecified atom stereocenters. The van der Waals surface area contributed by atoms with E-state index in [2.05, 4.69) is 6.92 Å². The van der Waals surface area contributed by atoms with E-state index in [4.69, 9.17) is 11.6 Å². The summed E-state index contributed by atoms with van der Waals surface area (Å²) in [4.78, 5) is 0. The molecule has 0 aliphatic heterocycles. The number of rotatable bonds is 5. The number of aliphatic hydroxyl groups is 1. The summed E-state index contributed by atoms with van der Waals surface area (Å²) in [6, 6.07) is 1.96. The lowest BCUT2D eigenvalue weighted by atomic mass is 10.1. The second kappa shape index (κ2) is 5.99. The van der Waals surface area contributed by atoms with Crippen molar-refractivity contribution in [2.75, 3.05) is 0 Å². The van der Waals surface area contributed by atoms with Crippen molar-refractivity contribution in [3.05, 3.63) is 35.1 Å². The normalized spacial score (nSPS) is 14.3. The predicted octanol–water partition coefficient (Wildman–Crippen LogP) is 3.46. The molecule has 0 spiro atoms. The Morgan fingerprint density at radius 1 is 1.67 bits per heavy atom. The van der Waals surface area contributed by atoms with E-state index in [-0.39, 0.29) is 6.10 Å². The summed E-state index contributed by atoms with van der Waals surface area (Å²) in [6.07, 6.45) is 5.42. The van der Waals surface area contributed by atoms with E-state index < -0.39 is 0 Å². The van der Waals surface area contributed by atoms with Crippen LogP contribution in [0.25, 0.3) is 0 Å². The van der Waals surface area contributed by atoms with E-state index in [1.54, 1.807) is 5.54 Å². The van der Waals surface area contributed by atoms with E-state index in [0.717, 1.165) is 30.5 Å². The number of allylic oxidation sites excluding steroid dienone is 1. The highest BCUT2D eigenvalue weighted by atomic mass is 35.5. The van der Waals surface area contributed by atoms with Gasteiger partial charge in [-0.25, -0.2) is 0 Å². The molecule has 0 aromatic carbocycles. The van der Waals surface area contributed by atoms with Crippen molar-refractivity contribution in [1.82, 2.24) is 4.57 Å². The van der Waals surface area contributed by atoms with Crippen LogP contribution in [0.2, 0.25) is 0 Å². The van der Waals surface area contributed by atoms with Crippen molar-refractivity contribution in [3.8, 4) is 0 Å². The molecular formula is C12H18ClNO. The second-order valence-electron chi connectivity index (χ2n) is 3.88. The second-order valence-corrected chi connectivity index (χ2v) is 4.10. The summed E-state index contributed by atoms with van der Waals surface area (Å²) in [5.41, 5.74) is 3.67. The highest BCUT2D eigenvalue weighted by Crippen LogP contribution is 2.18. The molecule has 84 valence electrons. The standard InChI is InChI=1S/C12H18ClNO/c1-3-4-12(15)11-5-6-14(9-11)8-10(2)7-13/h5-7,9,12,15H,3-4,8H2,1-2H3/b10-7+. The molecule has 1 atom stereocenters. The third-order valence-electron chi connectivity index (χ3n) is 2.34. The molecule has 0 saturated heterocycles. The van der Waals surface area contributed by atoms with Crippen LogP contribution in [0, 0.1) is 0 Å².